The molecule has 0 heterocycles. The molecule has 0 saturated carbocycles. The summed E-state index contributed by atoms with van der Waals surface area (Å²) in [5.74, 6) is 0. The molecule has 0 nitrogen and oxygen atoms in total. The Morgan fingerprint density at radius 3 is 2.11 bits per heavy atom. The number of rotatable bonds is 1. The minimum Gasteiger partial charge on any atom is -0.0955 e. The average Bonchev–Trinajstić information content (AvgIpc) is 2.34. The molecule has 0 aromatic heterocycles. The van der Waals surface area contributed by atoms with Gasteiger partial charge in [-0.05, 0) is 59.8 Å². The van der Waals surface area contributed by atoms with Crippen LogP contribution in [0.1, 0.15) is 71.1 Å². The fraction of sp³-hybridized carbons (Fsp3) is 0.556. The van der Waals surface area contributed by atoms with Crippen molar-refractivity contribution in [2.75, 3.05) is 0 Å². The lowest BCUT2D eigenvalue weighted by molar-refractivity contribution is 0.331. The van der Waals surface area contributed by atoms with Gasteiger partial charge in [-0.2, -0.15) is 0 Å². The highest BCUT2D eigenvalue weighted by atomic mass is 14.4. The summed E-state index contributed by atoms with van der Waals surface area (Å²) in [7, 11) is 0. The van der Waals surface area contributed by atoms with E-state index in [9.17, 15) is 0 Å². The van der Waals surface area contributed by atoms with Crippen LogP contribution in [0.3, 0.4) is 0 Å². The van der Waals surface area contributed by atoms with E-state index in [1.807, 2.05) is 6.92 Å². The molecule has 2 rings (SSSR count). The monoisotopic (exact) mass is 243 g/mol. The van der Waals surface area contributed by atoms with Crippen LogP contribution in [0.15, 0.2) is 18.7 Å². The van der Waals surface area contributed by atoms with Gasteiger partial charge in [0.15, 0.2) is 0 Å². The third kappa shape index (κ3) is 2.02. The van der Waals surface area contributed by atoms with Gasteiger partial charge in [0.2, 0.25) is 0 Å². The summed E-state index contributed by atoms with van der Waals surface area (Å²) in [5.41, 5.74) is 7.08. The average molecular weight is 243 g/mol. The molecule has 0 unspecified atom stereocenters. The fourth-order valence-corrected chi connectivity index (χ4v) is 3.15. The molecule has 0 bridgehead atoms. The highest BCUT2D eigenvalue weighted by Gasteiger charge is 2.37. The molecule has 1 aliphatic carbocycles. The third-order valence-electron chi connectivity index (χ3n) is 4.62. The maximum absolute atomic E-state index is 7.50. The van der Waals surface area contributed by atoms with E-state index < -0.39 is 0 Å². The number of hydrogen-bond acceptors (Lipinski definition) is 0. The molecule has 1 aliphatic rings. The summed E-state index contributed by atoms with van der Waals surface area (Å²) < 4.78 is 7.50. The predicted octanol–water partition coefficient (Wildman–Crippen LogP) is 5.38. The topological polar surface area (TPSA) is 0 Å². The SMILES string of the molecule is [2H]C=C(C)c1cc2c(cc1C)C(C)(C)CCC2(C)C. The smallest absolute Gasteiger partial charge is 0.0541 e. The molecule has 0 N–H and O–H groups in total. The van der Waals surface area contributed by atoms with Gasteiger partial charge < -0.3 is 0 Å². The maximum atomic E-state index is 7.50. The Hall–Kier alpha value is -1.04. The number of allylic oxidation sites excluding steroid dienone is 1. The zero-order chi connectivity index (χ0) is 14.4. The number of aryl methyl sites for hydroxylation is 1. The summed E-state index contributed by atoms with van der Waals surface area (Å²) in [6.45, 7) is 15.1. The van der Waals surface area contributed by atoms with Crippen LogP contribution in [-0.2, 0) is 10.8 Å². The lowest BCUT2D eigenvalue weighted by atomic mass is 9.62. The fourth-order valence-electron chi connectivity index (χ4n) is 3.15. The van der Waals surface area contributed by atoms with Crippen molar-refractivity contribution in [3.8, 4) is 0 Å². The second kappa shape index (κ2) is 3.98. The summed E-state index contributed by atoms with van der Waals surface area (Å²) in [6, 6.07) is 4.70. The molecular weight excluding hydrogens is 216 g/mol. The van der Waals surface area contributed by atoms with Crippen molar-refractivity contribution in [2.45, 2.75) is 65.2 Å². The van der Waals surface area contributed by atoms with E-state index in [0.29, 0.717) is 0 Å². The quantitative estimate of drug-likeness (QED) is 0.621. The lowest BCUT2D eigenvalue weighted by Gasteiger charge is -2.42. The van der Waals surface area contributed by atoms with E-state index in [1.165, 1.54) is 41.7 Å². The highest BCUT2D eigenvalue weighted by Crippen LogP contribution is 2.46. The van der Waals surface area contributed by atoms with Crippen molar-refractivity contribution in [3.63, 3.8) is 0 Å². The Kier molecular flexibility index (Phi) is 2.66. The van der Waals surface area contributed by atoms with Crippen LogP contribution in [0.5, 0.6) is 0 Å². The largest absolute Gasteiger partial charge is 0.0955 e. The first kappa shape index (κ1) is 12.0. The van der Waals surface area contributed by atoms with Crippen LogP contribution < -0.4 is 0 Å². The Balaban J connectivity index is 2.72. The molecule has 98 valence electrons. The van der Waals surface area contributed by atoms with Crippen LogP contribution >= 0.6 is 0 Å². The van der Waals surface area contributed by atoms with Gasteiger partial charge in [0, 0.05) is 0 Å². The number of benzene rings is 1. The van der Waals surface area contributed by atoms with Crippen molar-refractivity contribution >= 4 is 5.57 Å². The van der Waals surface area contributed by atoms with Crippen LogP contribution in [-0.4, -0.2) is 0 Å². The Labute approximate surface area is 114 Å². The third-order valence-corrected chi connectivity index (χ3v) is 4.62. The molecule has 0 saturated heterocycles. The highest BCUT2D eigenvalue weighted by molar-refractivity contribution is 5.67. The van der Waals surface area contributed by atoms with E-state index >= 15 is 0 Å². The lowest BCUT2D eigenvalue weighted by Crippen LogP contribution is -2.34. The summed E-state index contributed by atoms with van der Waals surface area (Å²) in [4.78, 5) is 0. The van der Waals surface area contributed by atoms with Crippen LogP contribution in [0.25, 0.3) is 5.57 Å². The van der Waals surface area contributed by atoms with E-state index in [-0.39, 0.29) is 10.8 Å². The summed E-state index contributed by atoms with van der Waals surface area (Å²) in [5, 5.41) is 0. The molecule has 0 atom stereocenters. The summed E-state index contributed by atoms with van der Waals surface area (Å²) in [6.07, 6.45) is 2.48. The zero-order valence-electron chi connectivity index (χ0n) is 13.6. The van der Waals surface area contributed by atoms with Crippen LogP contribution in [0, 0.1) is 6.92 Å². The van der Waals surface area contributed by atoms with Crippen molar-refractivity contribution in [1.82, 2.24) is 0 Å². The second-order valence-corrected chi connectivity index (χ2v) is 7.16. The van der Waals surface area contributed by atoms with Gasteiger partial charge in [-0.3, -0.25) is 0 Å². The first-order valence-corrected chi connectivity index (χ1v) is 6.90. The van der Waals surface area contributed by atoms with Gasteiger partial charge in [0.1, 0.15) is 0 Å². The maximum Gasteiger partial charge on any atom is 0.0541 e. The molecule has 0 radical (unpaired) electrons. The molecule has 1 aromatic rings. The van der Waals surface area contributed by atoms with Gasteiger partial charge in [0.05, 0.1) is 1.37 Å². The van der Waals surface area contributed by atoms with Crippen molar-refractivity contribution in [1.29, 1.82) is 0 Å². The molecule has 0 spiro atoms. The predicted molar refractivity (Wildman–Crippen MR) is 81.2 cm³/mol. The van der Waals surface area contributed by atoms with Gasteiger partial charge in [-0.15, -0.1) is 0 Å². The van der Waals surface area contributed by atoms with Crippen LogP contribution in [0.4, 0.5) is 0 Å². The Morgan fingerprint density at radius 2 is 1.61 bits per heavy atom. The Morgan fingerprint density at radius 1 is 1.11 bits per heavy atom. The first-order chi connectivity index (χ1) is 8.69. The molecule has 1 aromatic carbocycles. The minimum atomic E-state index is 0.246. The molecular formula is C18H26. The standard InChI is InChI=1S/C18H26/c1-12(2)14-11-16-15(10-13(14)3)17(4,5)8-9-18(16,6)7/h10-11H,1,8-9H2,2-7H3/i1D. The van der Waals surface area contributed by atoms with Crippen molar-refractivity contribution < 1.29 is 1.37 Å². The number of hydrogen-bond donors (Lipinski definition) is 0. The Bertz CT molecular complexity index is 533. The van der Waals surface area contributed by atoms with Gasteiger partial charge >= 0.3 is 0 Å². The molecule has 0 amide bonds. The van der Waals surface area contributed by atoms with Crippen LogP contribution in [0.2, 0.25) is 0 Å². The summed E-state index contributed by atoms with van der Waals surface area (Å²) >= 11 is 0. The minimum absolute atomic E-state index is 0.246. The molecule has 18 heavy (non-hydrogen) atoms. The normalized spacial score (nSPS) is 22.3. The van der Waals surface area contributed by atoms with E-state index in [1.54, 1.807) is 0 Å². The van der Waals surface area contributed by atoms with E-state index in [0.717, 1.165) is 5.57 Å². The van der Waals surface area contributed by atoms with Crippen molar-refractivity contribution in [2.24, 2.45) is 0 Å². The second-order valence-electron chi connectivity index (χ2n) is 7.16. The first-order valence-electron chi connectivity index (χ1n) is 7.48. The van der Waals surface area contributed by atoms with Gasteiger partial charge in [-0.25, -0.2) is 0 Å². The van der Waals surface area contributed by atoms with Gasteiger partial charge in [0.25, 0.3) is 0 Å². The molecule has 0 fully saturated rings. The van der Waals surface area contributed by atoms with E-state index in [2.05, 4.69) is 46.8 Å². The van der Waals surface area contributed by atoms with Gasteiger partial charge in [-0.1, -0.05) is 52.0 Å². The van der Waals surface area contributed by atoms with Crippen molar-refractivity contribution in [3.05, 3.63) is 40.9 Å². The molecule has 0 aliphatic heterocycles. The zero-order valence-corrected chi connectivity index (χ0v) is 12.6. The number of fused-ring (bicyclic) bond motifs is 1. The molecule has 0 heteroatoms. The van der Waals surface area contributed by atoms with E-state index in [4.69, 9.17) is 1.37 Å².